The third-order valence-corrected chi connectivity index (χ3v) is 3.75. The van der Waals surface area contributed by atoms with Crippen molar-refractivity contribution in [3.8, 4) is 0 Å². The fourth-order valence-corrected chi connectivity index (χ4v) is 1.91. The zero-order valence-electron chi connectivity index (χ0n) is 17.4. The van der Waals surface area contributed by atoms with Crippen LogP contribution < -0.4 is 0 Å². The molecule has 0 bridgehead atoms. The Morgan fingerprint density at radius 2 is 0.433 bits per heavy atom. The first kappa shape index (κ1) is 24.9. The van der Waals surface area contributed by atoms with Crippen molar-refractivity contribution in [2.75, 3.05) is 0 Å². The zero-order valence-corrected chi connectivity index (χ0v) is 17.4. The number of esters is 6. The molecule has 0 aromatic heterocycles. The van der Waals surface area contributed by atoms with Gasteiger partial charge in [0.1, 0.15) is 0 Å². The Kier molecular flexibility index (Phi) is 8.75. The van der Waals surface area contributed by atoms with Crippen LogP contribution in [0.4, 0.5) is 0 Å². The van der Waals surface area contributed by atoms with E-state index in [0.29, 0.717) is 0 Å². The Bertz CT molecular complexity index is 559. The zero-order chi connectivity index (χ0) is 23.2. The maximum absolute atomic E-state index is 10.7. The van der Waals surface area contributed by atoms with Gasteiger partial charge in [-0.05, 0) is 41.5 Å². The molecule has 0 amide bonds. The molecule has 12 nitrogen and oxygen atoms in total. The highest BCUT2D eigenvalue weighted by Crippen LogP contribution is 2.10. The molecule has 168 valence electrons. The summed E-state index contributed by atoms with van der Waals surface area (Å²) < 4.78 is 27.6. The van der Waals surface area contributed by atoms with Crippen LogP contribution >= 0.6 is 0 Å². The molecule has 30 heavy (non-hydrogen) atoms. The predicted molar refractivity (Wildman–Crippen MR) is 93.3 cm³/mol. The quantitative estimate of drug-likeness (QED) is 0.360. The number of carbonyl (C=O) groups excluding carboxylic acids is 6. The number of rotatable bonds is 0. The van der Waals surface area contributed by atoms with E-state index >= 15 is 0 Å². The van der Waals surface area contributed by atoms with Gasteiger partial charge in [0.15, 0.2) is 36.6 Å². The number of cyclic esters (lactones) is 6. The van der Waals surface area contributed by atoms with Gasteiger partial charge in [-0.25, -0.2) is 28.8 Å². The van der Waals surface area contributed by atoms with Crippen molar-refractivity contribution < 1.29 is 57.2 Å². The van der Waals surface area contributed by atoms with Gasteiger partial charge >= 0.3 is 35.8 Å². The molecule has 12 heteroatoms. The van der Waals surface area contributed by atoms with Gasteiger partial charge in [0.25, 0.3) is 0 Å². The van der Waals surface area contributed by atoms with Crippen LogP contribution in [0.3, 0.4) is 0 Å². The molecule has 0 aliphatic carbocycles. The van der Waals surface area contributed by atoms with E-state index in [9.17, 15) is 28.8 Å². The van der Waals surface area contributed by atoms with Crippen LogP contribution in [0.1, 0.15) is 41.5 Å². The molecule has 3 heterocycles. The number of hydrogen-bond acceptors (Lipinski definition) is 12. The van der Waals surface area contributed by atoms with E-state index in [1.165, 1.54) is 41.5 Å². The molecular weight excluding hydrogens is 408 g/mol. The lowest BCUT2D eigenvalue weighted by Gasteiger charge is -2.22. The highest BCUT2D eigenvalue weighted by molar-refractivity contribution is 5.88. The largest absolute Gasteiger partial charge is 0.448 e. The summed E-state index contributed by atoms with van der Waals surface area (Å²) in [4.78, 5) is 63.9. The third kappa shape index (κ3) is 7.01. The van der Waals surface area contributed by atoms with Crippen LogP contribution in [0.15, 0.2) is 0 Å². The van der Waals surface area contributed by atoms with Crippen LogP contribution in [0, 0.1) is 0 Å². The monoisotopic (exact) mass is 432 g/mol. The van der Waals surface area contributed by atoms with Gasteiger partial charge in [0.2, 0.25) is 0 Å². The van der Waals surface area contributed by atoms with E-state index in [4.69, 9.17) is 0 Å². The van der Waals surface area contributed by atoms with Crippen molar-refractivity contribution >= 4 is 35.8 Å². The third-order valence-electron chi connectivity index (χ3n) is 3.75. The molecule has 3 aliphatic heterocycles. The van der Waals surface area contributed by atoms with Gasteiger partial charge in [-0.2, -0.15) is 0 Å². The summed E-state index contributed by atoms with van der Waals surface area (Å²) in [7, 11) is 0. The minimum atomic E-state index is -0.747. The molecule has 0 unspecified atom stereocenters. The molecule has 3 saturated heterocycles. The summed E-state index contributed by atoms with van der Waals surface area (Å²) in [6.07, 6.45) is -4.48. The fraction of sp³-hybridized carbons (Fsp3) is 0.667. The van der Waals surface area contributed by atoms with Crippen molar-refractivity contribution in [2.24, 2.45) is 0 Å². The second-order valence-corrected chi connectivity index (χ2v) is 6.47. The van der Waals surface area contributed by atoms with E-state index in [1.807, 2.05) is 0 Å². The Morgan fingerprint density at radius 3 is 0.533 bits per heavy atom. The Balaban J connectivity index is 0.000000225. The van der Waals surface area contributed by atoms with Crippen molar-refractivity contribution in [2.45, 2.75) is 78.2 Å². The second kappa shape index (κ2) is 10.6. The van der Waals surface area contributed by atoms with E-state index in [-0.39, 0.29) is 0 Å². The molecule has 0 radical (unpaired) electrons. The highest BCUT2D eigenvalue weighted by Gasteiger charge is 2.33. The SMILES string of the molecule is C[C@@H]1OC(=O)[C@@H](C)OC1=O.C[C@@H]1OC(=O)[C@H](C)OC1=O.C[C@H]1OC(=O)[C@@H](C)OC1=O. The minimum Gasteiger partial charge on any atom is -0.448 e. The lowest BCUT2D eigenvalue weighted by Crippen LogP contribution is -2.40. The topological polar surface area (TPSA) is 158 Å². The van der Waals surface area contributed by atoms with Crippen LogP contribution in [0.5, 0.6) is 0 Å². The molecule has 0 aromatic carbocycles. The van der Waals surface area contributed by atoms with Crippen molar-refractivity contribution in [1.82, 2.24) is 0 Å². The summed E-state index contributed by atoms with van der Waals surface area (Å²) in [6.45, 7) is 8.87. The molecular formula is C18H24O12. The van der Waals surface area contributed by atoms with Crippen LogP contribution in [-0.4, -0.2) is 72.4 Å². The predicted octanol–water partition coefficient (Wildman–Crippen LogP) is -0.410. The minimum absolute atomic E-state index is 0.480. The average molecular weight is 432 g/mol. The van der Waals surface area contributed by atoms with Gasteiger partial charge < -0.3 is 28.4 Å². The Labute approximate surface area is 172 Å². The standard InChI is InChI=1S/3C6H8O4/c3*1-3-5(7)10-4(2)6(8)9-3/h3*3-4H,1-2H3/t3-,4+;2*3-,4-/m.10/s1. The number of carbonyl (C=O) groups is 6. The van der Waals surface area contributed by atoms with Crippen molar-refractivity contribution in [3.63, 3.8) is 0 Å². The first-order chi connectivity index (χ1) is 13.8. The van der Waals surface area contributed by atoms with Gasteiger partial charge in [-0.15, -0.1) is 0 Å². The highest BCUT2D eigenvalue weighted by atomic mass is 16.7. The maximum Gasteiger partial charge on any atom is 0.347 e. The summed E-state index contributed by atoms with van der Waals surface area (Å²) in [5.74, 6) is -2.88. The summed E-state index contributed by atoms with van der Waals surface area (Å²) in [5.41, 5.74) is 0. The lowest BCUT2D eigenvalue weighted by atomic mass is 10.3. The Hall–Kier alpha value is -3.18. The molecule has 0 N–H and O–H groups in total. The molecule has 0 saturated carbocycles. The van der Waals surface area contributed by atoms with Crippen LogP contribution in [-0.2, 0) is 57.2 Å². The molecule has 6 atom stereocenters. The number of hydrogen-bond donors (Lipinski definition) is 0. The fourth-order valence-electron chi connectivity index (χ4n) is 1.91. The molecule has 3 aliphatic rings. The van der Waals surface area contributed by atoms with Gasteiger partial charge in [0, 0.05) is 0 Å². The van der Waals surface area contributed by atoms with Crippen molar-refractivity contribution in [3.05, 3.63) is 0 Å². The van der Waals surface area contributed by atoms with E-state index in [1.54, 1.807) is 0 Å². The van der Waals surface area contributed by atoms with E-state index in [0.717, 1.165) is 0 Å². The normalized spacial score (nSPS) is 33.0. The number of ether oxygens (including phenoxy) is 6. The molecule has 3 rings (SSSR count). The second-order valence-electron chi connectivity index (χ2n) is 6.47. The lowest BCUT2D eigenvalue weighted by molar-refractivity contribution is -0.191. The van der Waals surface area contributed by atoms with Crippen LogP contribution in [0.2, 0.25) is 0 Å². The van der Waals surface area contributed by atoms with Gasteiger partial charge in [0.05, 0.1) is 0 Å². The van der Waals surface area contributed by atoms with Crippen molar-refractivity contribution in [1.29, 1.82) is 0 Å². The first-order valence-electron chi connectivity index (χ1n) is 9.06. The summed E-state index contributed by atoms with van der Waals surface area (Å²) in [6, 6.07) is 0. The summed E-state index contributed by atoms with van der Waals surface area (Å²) >= 11 is 0. The maximum atomic E-state index is 10.7. The average Bonchev–Trinajstić information content (AvgIpc) is 2.65. The smallest absolute Gasteiger partial charge is 0.347 e. The molecule has 0 aromatic rings. The first-order valence-corrected chi connectivity index (χ1v) is 9.06. The molecule has 0 spiro atoms. The molecule has 3 fully saturated rings. The van der Waals surface area contributed by atoms with E-state index in [2.05, 4.69) is 28.4 Å². The van der Waals surface area contributed by atoms with Gasteiger partial charge in [-0.3, -0.25) is 0 Å². The van der Waals surface area contributed by atoms with Gasteiger partial charge in [-0.1, -0.05) is 0 Å². The van der Waals surface area contributed by atoms with E-state index < -0.39 is 72.4 Å². The summed E-state index contributed by atoms with van der Waals surface area (Å²) in [5, 5.41) is 0. The Morgan fingerprint density at radius 1 is 0.333 bits per heavy atom. The van der Waals surface area contributed by atoms with Crippen LogP contribution in [0.25, 0.3) is 0 Å².